The molecule has 2 aromatic heterocycles. The molecule has 3 rings (SSSR count). The molecule has 0 spiro atoms. The minimum absolute atomic E-state index is 0.0155. The molecule has 0 aliphatic heterocycles. The first kappa shape index (κ1) is 22.3. The quantitative estimate of drug-likeness (QED) is 0.364. The van der Waals surface area contributed by atoms with Gasteiger partial charge in [-0.2, -0.15) is 0 Å². The van der Waals surface area contributed by atoms with E-state index in [9.17, 15) is 13.6 Å². The van der Waals surface area contributed by atoms with E-state index >= 15 is 0 Å². The third kappa shape index (κ3) is 4.84. The Morgan fingerprint density at radius 1 is 1.40 bits per heavy atom. The van der Waals surface area contributed by atoms with Gasteiger partial charge in [-0.1, -0.05) is 0 Å². The predicted octanol–water partition coefficient (Wildman–Crippen LogP) is 0.673. The molecule has 1 fully saturated rings. The fraction of sp³-hybridized carbons (Fsp3) is 0.286. The molecule has 1 aliphatic carbocycles. The van der Waals surface area contributed by atoms with E-state index in [1.807, 2.05) is 4.08 Å². The summed E-state index contributed by atoms with van der Waals surface area (Å²) in [5.41, 5.74) is 13.4. The van der Waals surface area contributed by atoms with Gasteiger partial charge in [0.25, 0.3) is 0 Å². The first-order valence-electron chi connectivity index (χ1n) is 9.25. The standard InChI is InChI=1S/C21H23F2IN5O/c1-4-24-8-14(10(2)11(3)19(22)23)17-5-12-6-18(27-9-15(12)20(26)28-17)29-21(30)13-7-16(13)25/h4-6,8-9,13,16,19H,1,7,25H2,2-3H3,(H2,26,28)(H,27,29,30)/q-1/b11-10+,14-8+/t13-,16-/m0/s1. The van der Waals surface area contributed by atoms with Gasteiger partial charge in [0.05, 0.1) is 0 Å². The average molecular weight is 526 g/mol. The number of amides is 1. The first-order valence-corrected chi connectivity index (χ1v) is 11.7. The summed E-state index contributed by atoms with van der Waals surface area (Å²) in [7, 11) is 0. The second-order valence-electron chi connectivity index (χ2n) is 7.09. The number of carbonyl (C=O) groups is 1. The van der Waals surface area contributed by atoms with Crippen LogP contribution in [0, 0.1) is 5.92 Å². The molecule has 2 aromatic rings. The van der Waals surface area contributed by atoms with Crippen LogP contribution >= 0.6 is 0 Å². The Morgan fingerprint density at radius 2 is 2.10 bits per heavy atom. The fourth-order valence-electron chi connectivity index (χ4n) is 2.93. The third-order valence-corrected chi connectivity index (χ3v) is 6.52. The number of hydrogen-bond acceptors (Lipinski definition) is 5. The molecule has 0 saturated heterocycles. The van der Waals surface area contributed by atoms with Gasteiger partial charge in [-0.3, -0.25) is 0 Å². The topological polar surface area (TPSA) is 107 Å². The van der Waals surface area contributed by atoms with Crippen molar-refractivity contribution in [1.82, 2.24) is 9.97 Å². The Balaban J connectivity index is 2.04. The summed E-state index contributed by atoms with van der Waals surface area (Å²) in [6, 6.07) is 3.36. The van der Waals surface area contributed by atoms with Crippen molar-refractivity contribution in [2.45, 2.75) is 32.7 Å². The zero-order valence-electron chi connectivity index (χ0n) is 16.6. The molecule has 160 valence electrons. The molecule has 0 bridgehead atoms. The molecule has 6 nitrogen and oxygen atoms in total. The number of nitrogen functional groups attached to an aromatic ring is 1. The van der Waals surface area contributed by atoms with Crippen molar-refractivity contribution < 1.29 is 34.8 Å². The van der Waals surface area contributed by atoms with Crippen molar-refractivity contribution in [2.75, 3.05) is 11.1 Å². The molecule has 5 N–H and O–H groups in total. The Bertz CT molecular complexity index is 1070. The molecule has 1 aliphatic rings. The van der Waals surface area contributed by atoms with Gasteiger partial charge in [0.15, 0.2) is 0 Å². The number of rotatable bonds is 7. The molecule has 2 heterocycles. The van der Waals surface area contributed by atoms with Crippen LogP contribution in [-0.4, -0.2) is 28.3 Å². The van der Waals surface area contributed by atoms with Gasteiger partial charge in [0.1, 0.15) is 0 Å². The Morgan fingerprint density at radius 3 is 2.70 bits per heavy atom. The van der Waals surface area contributed by atoms with Crippen LogP contribution in [0.2, 0.25) is 0 Å². The van der Waals surface area contributed by atoms with E-state index in [2.05, 4.69) is 21.9 Å². The Kier molecular flexibility index (Phi) is 6.81. The summed E-state index contributed by atoms with van der Waals surface area (Å²) in [4.78, 5) is 20.8. The van der Waals surface area contributed by atoms with Crippen LogP contribution in [0.4, 0.5) is 20.4 Å². The van der Waals surface area contributed by atoms with Crippen LogP contribution in [-0.2, 0) is 4.79 Å². The maximum absolute atomic E-state index is 13.3. The van der Waals surface area contributed by atoms with Crippen LogP contribution in [0.15, 0.2) is 44.2 Å². The van der Waals surface area contributed by atoms with E-state index in [4.69, 9.17) is 11.5 Å². The second-order valence-corrected chi connectivity index (χ2v) is 9.31. The summed E-state index contributed by atoms with van der Waals surface area (Å²) in [6.45, 7) is 6.79. The number of halogens is 3. The van der Waals surface area contributed by atoms with Crippen molar-refractivity contribution in [3.63, 3.8) is 0 Å². The number of carbonyl (C=O) groups excluding carboxylic acids is 1. The number of fused-ring (bicyclic) bond motifs is 1. The van der Waals surface area contributed by atoms with Crippen molar-refractivity contribution in [1.29, 1.82) is 0 Å². The zero-order valence-corrected chi connectivity index (χ0v) is 18.8. The van der Waals surface area contributed by atoms with E-state index in [0.717, 1.165) is 0 Å². The van der Waals surface area contributed by atoms with Gasteiger partial charge in [-0.05, 0) is 0 Å². The number of nitrogens with zero attached hydrogens (tertiary/aromatic N) is 2. The summed E-state index contributed by atoms with van der Waals surface area (Å²) < 4.78 is 30.3. The van der Waals surface area contributed by atoms with Gasteiger partial charge in [0, 0.05) is 0 Å². The second kappa shape index (κ2) is 9.17. The van der Waals surface area contributed by atoms with E-state index in [1.165, 1.54) is 13.1 Å². The van der Waals surface area contributed by atoms with Crippen LogP contribution in [0.3, 0.4) is 0 Å². The normalized spacial score (nSPS) is 19.7. The molecule has 2 atom stereocenters. The van der Waals surface area contributed by atoms with E-state index in [0.29, 0.717) is 39.9 Å². The van der Waals surface area contributed by atoms with Crippen LogP contribution in [0.1, 0.15) is 26.0 Å². The van der Waals surface area contributed by atoms with Gasteiger partial charge in [-0.25, -0.2) is 0 Å². The predicted molar refractivity (Wildman–Crippen MR) is 111 cm³/mol. The van der Waals surface area contributed by atoms with Crippen LogP contribution in [0.5, 0.6) is 0 Å². The summed E-state index contributed by atoms with van der Waals surface area (Å²) in [5, 5.41) is 4.08. The molecule has 1 saturated carbocycles. The van der Waals surface area contributed by atoms with Crippen LogP contribution in [0.25, 0.3) is 16.3 Å². The zero-order chi connectivity index (χ0) is 22.0. The molecular formula is C21H23F2IN5O-. The number of hydrogen-bond donors (Lipinski definition) is 3. The van der Waals surface area contributed by atoms with E-state index in [-0.39, 0.29) is 29.3 Å². The number of nitrogens with two attached hydrogens (primary N) is 2. The van der Waals surface area contributed by atoms with Gasteiger partial charge >= 0.3 is 184 Å². The summed E-state index contributed by atoms with van der Waals surface area (Å²) in [6.07, 6.45) is -0.361. The minimum atomic E-state index is -2.56. The number of alkyl halides is 2. The number of allylic oxidation sites excluding steroid dienone is 3. The third-order valence-electron chi connectivity index (χ3n) is 5.03. The van der Waals surface area contributed by atoms with E-state index in [1.54, 1.807) is 23.1 Å². The number of pyridine rings is 2. The molecule has 0 aromatic carbocycles. The van der Waals surface area contributed by atoms with Gasteiger partial charge in [-0.15, -0.1) is 0 Å². The van der Waals surface area contributed by atoms with Crippen molar-refractivity contribution in [3.8, 4) is 0 Å². The maximum atomic E-state index is 13.3. The van der Waals surface area contributed by atoms with E-state index < -0.39 is 27.6 Å². The van der Waals surface area contributed by atoms with Crippen LogP contribution < -0.4 is 38.0 Å². The monoisotopic (exact) mass is 526 g/mol. The summed E-state index contributed by atoms with van der Waals surface area (Å²) >= 11 is -0.534. The first-order chi connectivity index (χ1) is 14.2. The molecule has 0 radical (unpaired) electrons. The number of anilines is 2. The van der Waals surface area contributed by atoms with Crippen molar-refractivity contribution in [3.05, 3.63) is 49.9 Å². The molecule has 0 unspecified atom stereocenters. The van der Waals surface area contributed by atoms with Crippen molar-refractivity contribution >= 4 is 33.9 Å². The number of nitrogens with one attached hydrogen (secondary N) is 1. The number of aromatic nitrogens is 2. The summed E-state index contributed by atoms with van der Waals surface area (Å²) in [5.74, 6) is 0.257. The average Bonchev–Trinajstić information content (AvgIpc) is 3.44. The molecular weight excluding hydrogens is 503 g/mol. The molecule has 9 heteroatoms. The Hall–Kier alpha value is -2.40. The SMILES string of the molecule is C=C[I-]/C=C(\C(C)=C(/C)C(F)F)c1cc2cc(NC(=O)[C@H]3C[C@@H]3N)ncc2c(N)n1. The fourth-order valence-corrected chi connectivity index (χ4v) is 4.33. The Labute approximate surface area is 183 Å². The van der Waals surface area contributed by atoms with Gasteiger partial charge in [0.2, 0.25) is 0 Å². The molecule has 30 heavy (non-hydrogen) atoms. The van der Waals surface area contributed by atoms with Gasteiger partial charge < -0.3 is 0 Å². The van der Waals surface area contributed by atoms with Crippen molar-refractivity contribution in [2.24, 2.45) is 11.7 Å². The molecule has 1 amide bonds.